The van der Waals surface area contributed by atoms with E-state index in [0.29, 0.717) is 24.4 Å². The summed E-state index contributed by atoms with van der Waals surface area (Å²) in [5.74, 6) is 0. The highest BCUT2D eigenvalue weighted by atomic mass is 16.5. The minimum absolute atomic E-state index is 0.341. The molecule has 0 radical (unpaired) electrons. The molecule has 4 aromatic rings. The van der Waals surface area contributed by atoms with Gasteiger partial charge in [-0.2, -0.15) is 0 Å². The van der Waals surface area contributed by atoms with Crippen LogP contribution in [0, 0.1) is 0 Å². The number of benzene rings is 4. The van der Waals surface area contributed by atoms with E-state index in [4.69, 9.17) is 18.9 Å². The van der Waals surface area contributed by atoms with Crippen LogP contribution in [0.25, 0.3) is 0 Å². The molecule has 4 heteroatoms. The topological polar surface area (TPSA) is 36.9 Å². The molecule has 4 aromatic carbocycles. The van der Waals surface area contributed by atoms with Crippen molar-refractivity contribution in [3.8, 4) is 0 Å². The van der Waals surface area contributed by atoms with Crippen LogP contribution in [-0.2, 0) is 44.6 Å². The fraction of sp³-hybridized carbons (Fsp3) is 0.520. The van der Waals surface area contributed by atoms with E-state index < -0.39 is 0 Å². The predicted molar refractivity (Wildman–Crippen MR) is 233 cm³/mol. The lowest BCUT2D eigenvalue weighted by atomic mass is 10.1. The summed E-state index contributed by atoms with van der Waals surface area (Å²) in [6.07, 6.45) is 13.1. The van der Waals surface area contributed by atoms with Gasteiger partial charge in [-0.1, -0.05) is 128 Å². The molecule has 0 heterocycles. The average molecular weight is 741 g/mol. The molecule has 0 atom stereocenters. The molecule has 0 aromatic heterocycles. The molecule has 0 bridgehead atoms. The van der Waals surface area contributed by atoms with Crippen LogP contribution in [0.1, 0.15) is 116 Å². The lowest BCUT2D eigenvalue weighted by Crippen LogP contribution is -2.05. The van der Waals surface area contributed by atoms with Gasteiger partial charge in [0.2, 0.25) is 0 Å². The van der Waals surface area contributed by atoms with Crippen LogP contribution >= 0.6 is 0 Å². The van der Waals surface area contributed by atoms with Gasteiger partial charge in [0.15, 0.2) is 0 Å². The zero-order chi connectivity index (χ0) is 39.5. The Hall–Kier alpha value is -3.28. The van der Waals surface area contributed by atoms with Gasteiger partial charge in [-0.05, 0) is 135 Å². The maximum Gasteiger partial charge on any atom is 0.0519 e. The van der Waals surface area contributed by atoms with E-state index >= 15 is 0 Å². The van der Waals surface area contributed by atoms with Crippen molar-refractivity contribution in [2.45, 2.75) is 144 Å². The Balaban J connectivity index is 0.000000361. The van der Waals surface area contributed by atoms with E-state index in [1.54, 1.807) is 0 Å². The minimum Gasteiger partial charge on any atom is -0.379 e. The normalized spacial score (nSPS) is 10.7. The summed E-state index contributed by atoms with van der Waals surface area (Å²) in [5, 5.41) is 0. The zero-order valence-electron chi connectivity index (χ0n) is 35.4. The van der Waals surface area contributed by atoms with Crippen LogP contribution in [0.3, 0.4) is 0 Å². The average Bonchev–Trinajstić information content (AvgIpc) is 3.17. The van der Waals surface area contributed by atoms with Gasteiger partial charge in [-0.3, -0.25) is 0 Å². The molecule has 54 heavy (non-hydrogen) atoms. The quantitative estimate of drug-likeness (QED) is 0.0752. The second-order valence-corrected chi connectivity index (χ2v) is 14.7. The molecule has 4 nitrogen and oxygen atoms in total. The third-order valence-electron chi connectivity index (χ3n) is 8.15. The first-order valence-corrected chi connectivity index (χ1v) is 20.8. The second-order valence-electron chi connectivity index (χ2n) is 14.7. The van der Waals surface area contributed by atoms with Crippen molar-refractivity contribution in [3.63, 3.8) is 0 Å². The Kier molecular flexibility index (Phi) is 30.9. The first-order valence-electron chi connectivity index (χ1n) is 20.8. The van der Waals surface area contributed by atoms with E-state index in [-0.39, 0.29) is 0 Å². The fourth-order valence-corrected chi connectivity index (χ4v) is 5.26. The lowest BCUT2D eigenvalue weighted by molar-refractivity contribution is 0.0756. The van der Waals surface area contributed by atoms with Gasteiger partial charge < -0.3 is 18.9 Å². The molecule has 0 saturated carbocycles. The van der Waals surface area contributed by atoms with Crippen molar-refractivity contribution in [2.24, 2.45) is 0 Å². The van der Waals surface area contributed by atoms with E-state index in [0.717, 1.165) is 52.1 Å². The first-order chi connectivity index (χ1) is 26.2. The van der Waals surface area contributed by atoms with Gasteiger partial charge in [0.1, 0.15) is 0 Å². The number of unbranched alkanes of at least 4 members (excludes halogenated alkanes) is 3. The minimum atomic E-state index is 0.341. The number of hydrogen-bond donors (Lipinski definition) is 0. The Bertz CT molecular complexity index is 1310. The number of hydrogen-bond acceptors (Lipinski definition) is 4. The standard InChI is InChI=1S/C14H22O.C13H20O.C12H18O.C11H16O/c1-13(2)15-12-8-4-7-11-14-9-5-3-6-10-14;1-12(2)14-11-7-6-10-13-8-4-3-5-9-13;1-11(2)13-10-6-9-12-7-4-3-5-8-12;1-10(2)12-9-8-11-6-4-3-5-7-11/h3,5-6,9-10,13H,4,7-8,11-12H2,1-2H3;3-5,8-9,12H,6-7,10-11H2,1-2H3;3-5,7-8,11H,6,9-10H2,1-2H3;3-7,10H,8-9H2,1-2H3. The molecular formula is C50H76O4. The summed E-state index contributed by atoms with van der Waals surface area (Å²) < 4.78 is 21.9. The molecule has 0 aliphatic carbocycles. The monoisotopic (exact) mass is 741 g/mol. The van der Waals surface area contributed by atoms with Crippen molar-refractivity contribution in [1.29, 1.82) is 0 Å². The van der Waals surface area contributed by atoms with E-state index in [1.165, 1.54) is 60.8 Å². The van der Waals surface area contributed by atoms with E-state index in [1.807, 2.05) is 12.1 Å². The Morgan fingerprint density at radius 2 is 0.537 bits per heavy atom. The maximum atomic E-state index is 5.49. The highest BCUT2D eigenvalue weighted by Gasteiger charge is 1.97. The number of rotatable bonds is 22. The van der Waals surface area contributed by atoms with Gasteiger partial charge in [0, 0.05) is 19.8 Å². The molecule has 4 rings (SSSR count). The first kappa shape index (κ1) is 48.7. The molecule has 0 N–H and O–H groups in total. The van der Waals surface area contributed by atoms with Crippen LogP contribution in [0.2, 0.25) is 0 Å². The number of aryl methyl sites for hydroxylation is 3. The molecule has 0 saturated heterocycles. The lowest BCUT2D eigenvalue weighted by Gasteiger charge is -2.06. The van der Waals surface area contributed by atoms with Crippen molar-refractivity contribution >= 4 is 0 Å². The van der Waals surface area contributed by atoms with Crippen LogP contribution in [0.5, 0.6) is 0 Å². The van der Waals surface area contributed by atoms with E-state index in [2.05, 4.69) is 165 Å². The molecule has 0 fully saturated rings. The Morgan fingerprint density at radius 1 is 0.278 bits per heavy atom. The number of ether oxygens (including phenoxy) is 4. The SMILES string of the molecule is CC(C)OCCCCCc1ccccc1.CC(C)OCCCCc1ccccc1.CC(C)OCCCc1ccccc1.CC(C)OCCc1ccccc1. The second kappa shape index (κ2) is 34.2. The fourth-order valence-electron chi connectivity index (χ4n) is 5.26. The summed E-state index contributed by atoms with van der Waals surface area (Å²) in [4.78, 5) is 0. The van der Waals surface area contributed by atoms with Gasteiger partial charge in [0.05, 0.1) is 31.0 Å². The Morgan fingerprint density at radius 3 is 0.889 bits per heavy atom. The molecule has 0 spiro atoms. The predicted octanol–water partition coefficient (Wildman–Crippen LogP) is 13.0. The van der Waals surface area contributed by atoms with Crippen molar-refractivity contribution in [2.75, 3.05) is 26.4 Å². The summed E-state index contributed by atoms with van der Waals surface area (Å²) in [6.45, 7) is 20.1. The molecule has 300 valence electrons. The van der Waals surface area contributed by atoms with E-state index in [9.17, 15) is 0 Å². The highest BCUT2D eigenvalue weighted by molar-refractivity contribution is 5.16. The van der Waals surface area contributed by atoms with Crippen molar-refractivity contribution in [3.05, 3.63) is 144 Å². The molecule has 0 amide bonds. The third kappa shape index (κ3) is 32.2. The highest BCUT2D eigenvalue weighted by Crippen LogP contribution is 2.08. The van der Waals surface area contributed by atoms with Crippen LogP contribution < -0.4 is 0 Å². The summed E-state index contributed by atoms with van der Waals surface area (Å²) in [6, 6.07) is 42.3. The van der Waals surface area contributed by atoms with Crippen LogP contribution in [0.4, 0.5) is 0 Å². The molecule has 0 unspecified atom stereocenters. The van der Waals surface area contributed by atoms with Crippen LogP contribution in [-0.4, -0.2) is 50.8 Å². The zero-order valence-corrected chi connectivity index (χ0v) is 35.4. The van der Waals surface area contributed by atoms with Crippen molar-refractivity contribution in [1.82, 2.24) is 0 Å². The van der Waals surface area contributed by atoms with Gasteiger partial charge in [-0.25, -0.2) is 0 Å². The maximum absolute atomic E-state index is 5.49. The molecule has 0 aliphatic heterocycles. The van der Waals surface area contributed by atoms with Crippen molar-refractivity contribution < 1.29 is 18.9 Å². The van der Waals surface area contributed by atoms with Gasteiger partial charge >= 0.3 is 0 Å². The largest absolute Gasteiger partial charge is 0.379 e. The summed E-state index contributed by atoms with van der Waals surface area (Å²) in [5.41, 5.74) is 5.62. The molecular weight excluding hydrogens is 665 g/mol. The molecule has 0 aliphatic rings. The Labute approximate surface area is 332 Å². The van der Waals surface area contributed by atoms with Crippen LogP contribution in [0.15, 0.2) is 121 Å². The summed E-state index contributed by atoms with van der Waals surface area (Å²) in [7, 11) is 0. The smallest absolute Gasteiger partial charge is 0.0519 e. The summed E-state index contributed by atoms with van der Waals surface area (Å²) >= 11 is 0. The van der Waals surface area contributed by atoms with Gasteiger partial charge in [-0.15, -0.1) is 0 Å². The van der Waals surface area contributed by atoms with Gasteiger partial charge in [0.25, 0.3) is 0 Å². The third-order valence-corrected chi connectivity index (χ3v) is 8.15.